The van der Waals surface area contributed by atoms with E-state index in [-0.39, 0.29) is 18.4 Å². The maximum absolute atomic E-state index is 13.1. The quantitative estimate of drug-likeness (QED) is 0.859. The number of rotatable bonds is 5. The Morgan fingerprint density at radius 1 is 1.15 bits per heavy atom. The first-order chi connectivity index (χ1) is 12.9. The third-order valence-corrected chi connectivity index (χ3v) is 7.03. The van der Waals surface area contributed by atoms with E-state index in [9.17, 15) is 13.2 Å². The molecular weight excluding hydrogens is 360 g/mol. The van der Waals surface area contributed by atoms with Crippen LogP contribution in [0.25, 0.3) is 0 Å². The van der Waals surface area contributed by atoms with Crippen LogP contribution in [-0.2, 0) is 21.4 Å². The first kappa shape index (κ1) is 19.6. The first-order valence-corrected chi connectivity index (χ1v) is 10.7. The number of hydrogen-bond donors (Lipinski definition) is 1. The minimum Gasteiger partial charge on any atom is -0.352 e. The summed E-state index contributed by atoms with van der Waals surface area (Å²) in [7, 11) is -3.60. The van der Waals surface area contributed by atoms with Crippen LogP contribution in [0.5, 0.6) is 0 Å². The maximum Gasteiger partial charge on any atom is 0.243 e. The molecule has 0 spiro atoms. The number of sulfonamides is 1. The van der Waals surface area contributed by atoms with Gasteiger partial charge in [0, 0.05) is 19.6 Å². The molecule has 1 aliphatic heterocycles. The highest BCUT2D eigenvalue weighted by molar-refractivity contribution is 7.89. The molecule has 0 aliphatic carbocycles. The summed E-state index contributed by atoms with van der Waals surface area (Å²) in [5, 5.41) is 2.94. The van der Waals surface area contributed by atoms with E-state index in [1.54, 1.807) is 13.0 Å². The third kappa shape index (κ3) is 4.57. The van der Waals surface area contributed by atoms with E-state index in [4.69, 9.17) is 0 Å². The second kappa shape index (κ2) is 8.23. The SMILES string of the molecule is Cc1ccc(C)c(S(=O)(=O)N2CCCC(C(=O)NCc3ccccc3)C2)c1. The van der Waals surface area contributed by atoms with Crippen LogP contribution in [-0.4, -0.2) is 31.7 Å². The van der Waals surface area contributed by atoms with E-state index in [1.165, 1.54) is 4.31 Å². The zero-order valence-electron chi connectivity index (χ0n) is 15.8. The number of hydrogen-bond acceptors (Lipinski definition) is 3. The molecule has 1 aliphatic rings. The molecule has 0 saturated carbocycles. The van der Waals surface area contributed by atoms with E-state index < -0.39 is 10.0 Å². The summed E-state index contributed by atoms with van der Waals surface area (Å²) in [4.78, 5) is 12.9. The zero-order valence-corrected chi connectivity index (χ0v) is 16.6. The lowest BCUT2D eigenvalue weighted by Gasteiger charge is -2.31. The van der Waals surface area contributed by atoms with Crippen molar-refractivity contribution in [3.63, 3.8) is 0 Å². The van der Waals surface area contributed by atoms with Crippen molar-refractivity contribution in [1.29, 1.82) is 0 Å². The van der Waals surface area contributed by atoms with E-state index in [1.807, 2.05) is 49.4 Å². The summed E-state index contributed by atoms with van der Waals surface area (Å²) < 4.78 is 27.7. The molecule has 0 radical (unpaired) electrons. The summed E-state index contributed by atoms with van der Waals surface area (Å²) in [6.07, 6.45) is 1.40. The second-order valence-corrected chi connectivity index (χ2v) is 9.08. The van der Waals surface area contributed by atoms with Gasteiger partial charge in [0.2, 0.25) is 15.9 Å². The molecule has 1 unspecified atom stereocenters. The van der Waals surface area contributed by atoms with E-state index in [0.717, 1.165) is 16.7 Å². The van der Waals surface area contributed by atoms with E-state index in [0.29, 0.717) is 30.8 Å². The molecule has 3 rings (SSSR count). The van der Waals surface area contributed by atoms with Crippen molar-refractivity contribution >= 4 is 15.9 Å². The van der Waals surface area contributed by atoms with Crippen molar-refractivity contribution in [3.8, 4) is 0 Å². The lowest BCUT2D eigenvalue weighted by molar-refractivity contribution is -0.126. The van der Waals surface area contributed by atoms with Crippen LogP contribution in [0, 0.1) is 19.8 Å². The van der Waals surface area contributed by atoms with Gasteiger partial charge in [0.05, 0.1) is 10.8 Å². The van der Waals surface area contributed by atoms with Crippen LogP contribution in [0.2, 0.25) is 0 Å². The van der Waals surface area contributed by atoms with Gasteiger partial charge < -0.3 is 5.32 Å². The number of amides is 1. The topological polar surface area (TPSA) is 66.5 Å². The number of carbonyl (C=O) groups is 1. The largest absolute Gasteiger partial charge is 0.352 e. The first-order valence-electron chi connectivity index (χ1n) is 9.27. The normalized spacial score (nSPS) is 18.2. The zero-order chi connectivity index (χ0) is 19.4. The number of benzene rings is 2. The van der Waals surface area contributed by atoms with E-state index >= 15 is 0 Å². The molecule has 0 bridgehead atoms. The lowest BCUT2D eigenvalue weighted by Crippen LogP contribution is -2.45. The third-order valence-electron chi connectivity index (χ3n) is 5.03. The fourth-order valence-corrected chi connectivity index (χ4v) is 5.26. The molecule has 5 nitrogen and oxygen atoms in total. The van der Waals surface area contributed by atoms with Gasteiger partial charge in [-0.05, 0) is 49.4 Å². The Bertz CT molecular complexity index is 910. The van der Waals surface area contributed by atoms with Crippen molar-refractivity contribution in [1.82, 2.24) is 9.62 Å². The van der Waals surface area contributed by atoms with Gasteiger partial charge >= 0.3 is 0 Å². The minimum atomic E-state index is -3.60. The van der Waals surface area contributed by atoms with Crippen molar-refractivity contribution in [2.24, 2.45) is 5.92 Å². The summed E-state index contributed by atoms with van der Waals surface area (Å²) in [6, 6.07) is 15.2. The number of aryl methyl sites for hydroxylation is 2. The van der Waals surface area contributed by atoms with Crippen LogP contribution in [0.3, 0.4) is 0 Å². The maximum atomic E-state index is 13.1. The fraction of sp³-hybridized carbons (Fsp3) is 0.381. The molecule has 1 amide bonds. The molecule has 144 valence electrons. The predicted molar refractivity (Wildman–Crippen MR) is 106 cm³/mol. The molecule has 1 N–H and O–H groups in total. The summed E-state index contributed by atoms with van der Waals surface area (Å²) in [5.74, 6) is -0.401. The van der Waals surface area contributed by atoms with E-state index in [2.05, 4.69) is 5.32 Å². The smallest absolute Gasteiger partial charge is 0.243 e. The van der Waals surface area contributed by atoms with Crippen LogP contribution < -0.4 is 5.32 Å². The van der Waals surface area contributed by atoms with Crippen LogP contribution in [0.15, 0.2) is 53.4 Å². The van der Waals surface area contributed by atoms with Gasteiger partial charge in [-0.1, -0.05) is 42.5 Å². The van der Waals surface area contributed by atoms with Crippen molar-refractivity contribution in [2.45, 2.75) is 38.1 Å². The van der Waals surface area contributed by atoms with Crippen molar-refractivity contribution < 1.29 is 13.2 Å². The fourth-order valence-electron chi connectivity index (χ4n) is 3.43. The Kier molecular flexibility index (Phi) is 5.97. The second-order valence-electron chi connectivity index (χ2n) is 7.17. The van der Waals surface area contributed by atoms with Gasteiger partial charge in [0.1, 0.15) is 0 Å². The van der Waals surface area contributed by atoms with Crippen molar-refractivity contribution in [2.75, 3.05) is 13.1 Å². The standard InChI is InChI=1S/C21H26N2O3S/c1-16-10-11-17(2)20(13-16)27(25,26)23-12-6-9-19(15-23)21(24)22-14-18-7-4-3-5-8-18/h3-5,7-8,10-11,13,19H,6,9,12,14-15H2,1-2H3,(H,22,24). The number of nitrogens with one attached hydrogen (secondary N) is 1. The molecule has 27 heavy (non-hydrogen) atoms. The highest BCUT2D eigenvalue weighted by Gasteiger charge is 2.33. The number of carbonyl (C=O) groups excluding carboxylic acids is 1. The Morgan fingerprint density at radius 3 is 2.63 bits per heavy atom. The van der Waals surface area contributed by atoms with Crippen LogP contribution in [0.1, 0.15) is 29.5 Å². The Hall–Kier alpha value is -2.18. The molecule has 2 aromatic carbocycles. The molecule has 6 heteroatoms. The molecule has 2 aromatic rings. The highest BCUT2D eigenvalue weighted by Crippen LogP contribution is 2.26. The molecule has 1 heterocycles. The Labute approximate surface area is 161 Å². The average Bonchev–Trinajstić information content (AvgIpc) is 2.68. The lowest BCUT2D eigenvalue weighted by atomic mass is 9.99. The summed E-state index contributed by atoms with van der Waals surface area (Å²) in [5.41, 5.74) is 2.67. The van der Waals surface area contributed by atoms with Gasteiger partial charge in [0.15, 0.2) is 0 Å². The number of nitrogens with zero attached hydrogens (tertiary/aromatic N) is 1. The van der Waals surface area contributed by atoms with Crippen LogP contribution >= 0.6 is 0 Å². The predicted octanol–water partition coefficient (Wildman–Crippen LogP) is 3.02. The van der Waals surface area contributed by atoms with Gasteiger partial charge in [0.25, 0.3) is 0 Å². The monoisotopic (exact) mass is 386 g/mol. The molecule has 0 aromatic heterocycles. The van der Waals surface area contributed by atoms with Gasteiger partial charge in [-0.25, -0.2) is 8.42 Å². The molecule has 1 atom stereocenters. The molecule has 1 saturated heterocycles. The summed E-state index contributed by atoms with van der Waals surface area (Å²) >= 11 is 0. The number of piperidine rings is 1. The van der Waals surface area contributed by atoms with Crippen molar-refractivity contribution in [3.05, 3.63) is 65.2 Å². The van der Waals surface area contributed by atoms with Gasteiger partial charge in [-0.15, -0.1) is 0 Å². The molecule has 1 fully saturated rings. The van der Waals surface area contributed by atoms with Gasteiger partial charge in [-0.3, -0.25) is 4.79 Å². The Balaban J connectivity index is 1.69. The molecular formula is C21H26N2O3S. The van der Waals surface area contributed by atoms with Gasteiger partial charge in [-0.2, -0.15) is 4.31 Å². The Morgan fingerprint density at radius 2 is 1.89 bits per heavy atom. The minimum absolute atomic E-state index is 0.0836. The summed E-state index contributed by atoms with van der Waals surface area (Å²) in [6.45, 7) is 4.84. The highest BCUT2D eigenvalue weighted by atomic mass is 32.2. The average molecular weight is 387 g/mol. The van der Waals surface area contributed by atoms with Crippen LogP contribution in [0.4, 0.5) is 0 Å².